The van der Waals surface area contributed by atoms with Gasteiger partial charge in [0, 0.05) is 0 Å². The van der Waals surface area contributed by atoms with Gasteiger partial charge in [-0.3, -0.25) is 4.74 Å². The van der Waals surface area contributed by atoms with E-state index in [1.807, 2.05) is 0 Å². The second-order valence-electron chi connectivity index (χ2n) is 8.15. The number of aryl methyl sites for hydroxylation is 3. The predicted molar refractivity (Wildman–Crippen MR) is 95.1 cm³/mol. The van der Waals surface area contributed by atoms with Crippen molar-refractivity contribution in [3.05, 3.63) is 28.8 Å². The van der Waals surface area contributed by atoms with Gasteiger partial charge in [-0.1, -0.05) is 59.2 Å². The average Bonchev–Trinajstić information content (AvgIpc) is 2.19. The summed E-state index contributed by atoms with van der Waals surface area (Å²) in [6.45, 7) is 23.0. The number of hydrogen-bond acceptors (Lipinski definition) is 1. The molecule has 0 aromatic heterocycles. The molecular weight excluding hydrogens is 261 g/mol. The van der Waals surface area contributed by atoms with Crippen LogP contribution in [0.5, 0.6) is 0 Å². The summed E-state index contributed by atoms with van der Waals surface area (Å²) < 4.78 is 5.38. The molecule has 0 aliphatic rings. The Balaban J connectivity index is 3.69. The molecule has 114 valence electrons. The zero-order valence-corrected chi connectivity index (χ0v) is 15.9. The molecule has 1 aromatic carbocycles. The summed E-state index contributed by atoms with van der Waals surface area (Å²) in [5.74, 6) is 0. The smallest absolute Gasteiger partial charge is 0.0672 e. The quantitative estimate of drug-likeness (QED) is 0.513. The Labute approximate surface area is 126 Å². The number of nitrogens with zero attached hydrogens (tertiary/aromatic N) is 1. The zero-order valence-electron chi connectivity index (χ0n) is 15.0. The summed E-state index contributed by atoms with van der Waals surface area (Å²) in [6, 6.07) is 4.50. The highest BCUT2D eigenvalue weighted by atomic mass is 31.2. The van der Waals surface area contributed by atoms with E-state index in [1.165, 1.54) is 22.4 Å². The normalized spacial score (nSPS) is 13.5. The maximum absolute atomic E-state index is 5.38. The van der Waals surface area contributed by atoms with E-state index in [2.05, 4.69) is 81.1 Å². The van der Waals surface area contributed by atoms with Crippen LogP contribution < -0.4 is 0 Å². The maximum atomic E-state index is 5.38. The second-order valence-corrected chi connectivity index (χ2v) is 12.9. The van der Waals surface area contributed by atoms with Gasteiger partial charge in [-0.25, -0.2) is 0 Å². The minimum atomic E-state index is -1.50. The molecule has 0 N–H and O–H groups in total. The topological polar surface area (TPSA) is 12.4 Å². The molecule has 0 radical (unpaired) electrons. The summed E-state index contributed by atoms with van der Waals surface area (Å²) in [7, 11) is -1.50. The average molecular weight is 293 g/mol. The van der Waals surface area contributed by atoms with Crippen LogP contribution in [0, 0.1) is 20.8 Å². The lowest BCUT2D eigenvalue weighted by molar-refractivity contribution is 0.699. The Morgan fingerprint density at radius 3 is 1.45 bits per heavy atom. The summed E-state index contributed by atoms with van der Waals surface area (Å²) in [5.41, 5.74) is 5.16. The molecule has 0 amide bonds. The van der Waals surface area contributed by atoms with Crippen LogP contribution in [0.4, 0.5) is 5.69 Å². The van der Waals surface area contributed by atoms with Crippen molar-refractivity contribution in [1.82, 2.24) is 0 Å². The van der Waals surface area contributed by atoms with Crippen molar-refractivity contribution in [2.75, 3.05) is 6.66 Å². The van der Waals surface area contributed by atoms with Crippen molar-refractivity contribution in [2.24, 2.45) is 4.74 Å². The Morgan fingerprint density at radius 2 is 1.15 bits per heavy atom. The van der Waals surface area contributed by atoms with Gasteiger partial charge in [-0.05, 0) is 55.9 Å². The molecule has 0 spiro atoms. The van der Waals surface area contributed by atoms with E-state index in [4.69, 9.17) is 4.74 Å². The minimum absolute atomic E-state index is 0.217. The fraction of sp³-hybridized carbons (Fsp3) is 0.667. The number of benzene rings is 1. The van der Waals surface area contributed by atoms with Crippen molar-refractivity contribution >= 4 is 12.7 Å². The molecule has 1 nitrogen and oxygen atoms in total. The number of rotatable bonds is 1. The Hall–Kier alpha value is -0.550. The van der Waals surface area contributed by atoms with Gasteiger partial charge in [0.1, 0.15) is 0 Å². The first-order valence-electron chi connectivity index (χ1n) is 7.47. The van der Waals surface area contributed by atoms with Gasteiger partial charge in [0.25, 0.3) is 0 Å². The van der Waals surface area contributed by atoms with Gasteiger partial charge in [-0.15, -0.1) is 0 Å². The monoisotopic (exact) mass is 293 g/mol. The Kier molecular flexibility index (Phi) is 4.67. The molecule has 0 bridgehead atoms. The standard InChI is InChI=1S/C18H32NP/c1-13-11-14(2)16(15(3)12-13)19-20(10,17(4,5)6)18(7,8)9/h11-12H,1-10H3. The molecule has 1 rings (SSSR count). The molecule has 0 aliphatic carbocycles. The lowest BCUT2D eigenvalue weighted by Gasteiger charge is -2.44. The molecule has 20 heavy (non-hydrogen) atoms. The molecule has 0 unspecified atom stereocenters. The van der Waals surface area contributed by atoms with Crippen molar-refractivity contribution in [2.45, 2.75) is 72.6 Å². The fourth-order valence-corrected chi connectivity index (χ4v) is 6.16. The van der Waals surface area contributed by atoms with E-state index in [-0.39, 0.29) is 10.3 Å². The van der Waals surface area contributed by atoms with Crippen molar-refractivity contribution in [1.29, 1.82) is 0 Å². The lowest BCUT2D eigenvalue weighted by Crippen LogP contribution is -2.28. The third-order valence-electron chi connectivity index (χ3n) is 4.55. The summed E-state index contributed by atoms with van der Waals surface area (Å²) in [4.78, 5) is 0. The molecular formula is C18H32NP. The second kappa shape index (κ2) is 5.34. The van der Waals surface area contributed by atoms with Gasteiger partial charge >= 0.3 is 0 Å². The molecule has 1 aromatic rings. The highest BCUT2D eigenvalue weighted by Gasteiger charge is 2.39. The van der Waals surface area contributed by atoms with Crippen LogP contribution >= 0.6 is 7.05 Å². The van der Waals surface area contributed by atoms with Gasteiger partial charge in [0.05, 0.1) is 5.69 Å². The molecule has 0 atom stereocenters. The van der Waals surface area contributed by atoms with Gasteiger partial charge in [0.2, 0.25) is 0 Å². The van der Waals surface area contributed by atoms with Gasteiger partial charge < -0.3 is 0 Å². The van der Waals surface area contributed by atoms with Crippen LogP contribution in [0.1, 0.15) is 58.2 Å². The first-order chi connectivity index (χ1) is 8.79. The number of hydrogen-bond donors (Lipinski definition) is 0. The molecule has 0 aliphatic heterocycles. The van der Waals surface area contributed by atoms with E-state index < -0.39 is 7.05 Å². The molecule has 0 saturated carbocycles. The van der Waals surface area contributed by atoms with Crippen LogP contribution in [-0.4, -0.2) is 17.0 Å². The minimum Gasteiger partial charge on any atom is -0.266 e. The van der Waals surface area contributed by atoms with E-state index in [0.29, 0.717) is 0 Å². The fourth-order valence-electron chi connectivity index (χ4n) is 2.84. The SMILES string of the molecule is Cc1cc(C)c(N=P(C)(C(C)(C)C)C(C)(C)C)c(C)c1. The van der Waals surface area contributed by atoms with Crippen molar-refractivity contribution in [3.63, 3.8) is 0 Å². The van der Waals surface area contributed by atoms with Crippen molar-refractivity contribution < 1.29 is 0 Å². The Morgan fingerprint density at radius 1 is 0.800 bits per heavy atom. The third kappa shape index (κ3) is 3.19. The first-order valence-corrected chi connectivity index (χ1v) is 9.66. The van der Waals surface area contributed by atoms with E-state index in [1.54, 1.807) is 0 Å². The predicted octanol–water partition coefficient (Wildman–Crippen LogP) is 6.67. The maximum Gasteiger partial charge on any atom is 0.0672 e. The molecule has 0 saturated heterocycles. The van der Waals surface area contributed by atoms with E-state index in [0.717, 1.165) is 0 Å². The first kappa shape index (κ1) is 17.5. The van der Waals surface area contributed by atoms with Gasteiger partial charge in [-0.2, -0.15) is 0 Å². The molecule has 0 heterocycles. The van der Waals surface area contributed by atoms with E-state index >= 15 is 0 Å². The van der Waals surface area contributed by atoms with Crippen LogP contribution in [0.15, 0.2) is 16.9 Å². The molecule has 0 fully saturated rings. The van der Waals surface area contributed by atoms with Crippen LogP contribution in [-0.2, 0) is 0 Å². The summed E-state index contributed by atoms with van der Waals surface area (Å²) >= 11 is 0. The van der Waals surface area contributed by atoms with Crippen LogP contribution in [0.25, 0.3) is 0 Å². The highest BCUT2D eigenvalue weighted by Crippen LogP contribution is 2.68. The van der Waals surface area contributed by atoms with Crippen LogP contribution in [0.3, 0.4) is 0 Å². The third-order valence-corrected chi connectivity index (χ3v) is 10.4. The van der Waals surface area contributed by atoms with Crippen molar-refractivity contribution in [3.8, 4) is 0 Å². The van der Waals surface area contributed by atoms with E-state index in [9.17, 15) is 0 Å². The van der Waals surface area contributed by atoms with Gasteiger partial charge in [0.15, 0.2) is 0 Å². The largest absolute Gasteiger partial charge is 0.266 e. The summed E-state index contributed by atoms with van der Waals surface area (Å²) in [5, 5.41) is 0.435. The molecule has 2 heteroatoms. The zero-order chi connectivity index (χ0) is 15.9. The lowest BCUT2D eigenvalue weighted by atomic mass is 10.1. The van der Waals surface area contributed by atoms with Crippen LogP contribution in [0.2, 0.25) is 0 Å². The summed E-state index contributed by atoms with van der Waals surface area (Å²) in [6.07, 6.45) is 0. The highest BCUT2D eigenvalue weighted by molar-refractivity contribution is 7.68. The Bertz CT molecular complexity index is 513.